The minimum absolute atomic E-state index is 0.644. The number of fused-ring (bicyclic) bond motifs is 4. The van der Waals surface area contributed by atoms with Crippen molar-refractivity contribution in [2.45, 2.75) is 222 Å². The molecule has 2 unspecified atom stereocenters. The Morgan fingerprint density at radius 3 is 0.861 bits per heavy atom. The van der Waals surface area contributed by atoms with Gasteiger partial charge in [-0.05, 0) is 219 Å². The van der Waals surface area contributed by atoms with Crippen molar-refractivity contribution in [1.29, 1.82) is 0 Å². The molecular formula is C106H120N6O4S6. The summed E-state index contributed by atoms with van der Waals surface area (Å²) in [6.07, 6.45) is 30.7. The Labute approximate surface area is 749 Å². The van der Waals surface area contributed by atoms with Gasteiger partial charge in [-0.2, -0.15) is 17.5 Å². The van der Waals surface area contributed by atoms with Crippen LogP contribution in [0.25, 0.3) is 106 Å². The fourth-order valence-electron chi connectivity index (χ4n) is 16.9. The lowest BCUT2D eigenvalue weighted by Crippen LogP contribution is -2.10. The molecule has 0 aliphatic heterocycles. The lowest BCUT2D eigenvalue weighted by Gasteiger charge is -2.26. The highest BCUT2D eigenvalue weighted by molar-refractivity contribution is 7.26. The van der Waals surface area contributed by atoms with E-state index in [9.17, 15) is 0 Å². The van der Waals surface area contributed by atoms with Gasteiger partial charge in [0.1, 0.15) is 45.1 Å². The van der Waals surface area contributed by atoms with Gasteiger partial charge in [0.05, 0.1) is 49.9 Å². The monoisotopic (exact) mass is 1730 g/mol. The van der Waals surface area contributed by atoms with Crippen LogP contribution < -0.4 is 28.7 Å². The van der Waals surface area contributed by atoms with Crippen molar-refractivity contribution in [2.75, 3.05) is 36.2 Å². The van der Waals surface area contributed by atoms with Crippen molar-refractivity contribution in [1.82, 2.24) is 17.5 Å². The number of hydrogen-bond acceptors (Lipinski definition) is 16. The van der Waals surface area contributed by atoms with E-state index in [4.69, 9.17) is 36.4 Å². The lowest BCUT2D eigenvalue weighted by atomic mass is 9.95. The van der Waals surface area contributed by atoms with Gasteiger partial charge in [0.15, 0.2) is 0 Å². The fraction of sp³-hybridized carbons (Fsp3) is 0.377. The maximum absolute atomic E-state index is 6.26. The van der Waals surface area contributed by atoms with Gasteiger partial charge >= 0.3 is 0 Å². The average Bonchev–Trinajstić information content (AvgIpc) is 1.55. The molecule has 122 heavy (non-hydrogen) atoms. The largest absolute Gasteiger partial charge is 0.494 e. The summed E-state index contributed by atoms with van der Waals surface area (Å²) in [5.74, 6) is 4.84. The molecule has 0 radical (unpaired) electrons. The first-order valence-electron chi connectivity index (χ1n) is 45.6. The molecule has 0 fully saturated rings. The van der Waals surface area contributed by atoms with Crippen LogP contribution in [0.2, 0.25) is 0 Å². The summed E-state index contributed by atoms with van der Waals surface area (Å²) >= 11 is 10.4. The highest BCUT2D eigenvalue weighted by atomic mass is 32.1. The van der Waals surface area contributed by atoms with Crippen LogP contribution in [-0.4, -0.2) is 43.9 Å². The molecule has 15 aromatic rings. The normalized spacial score (nSPS) is 12.2. The topological polar surface area (TPSA) is 95.0 Å². The molecular weight excluding hydrogens is 1610 g/mol. The Morgan fingerprint density at radius 2 is 0.566 bits per heavy atom. The maximum atomic E-state index is 6.26. The standard InChI is InChI=1S/C106H120N6O4S6/c1-9-17-23-27-65-113-83-49-41-79(42-50-83)111(80-43-51-84(52-44-80)114-66-28-24-18-10-2)77-37-33-75(34-38-77)89-59-61-91(103-101(89)107-121-109-103)97-71-93-99(95-63-57-87(117-95)69-73(15-7)31-21-13-5)106-94(100(105(93)119-97)96-64-58-88(118-96)70-74(16-8)32-22-14-6)72-98(120-106)92-62-60-90(102-104(92)110-122-108-102)76-35-39-78(40-36-76)112(81-45-53-85(54-46-81)115-67-29-25-19-11-3)82-47-55-86(56-48-82)116-68-30-26-20-12-4/h33-64,71-74H,9-32,65-70H2,1-8H3. The molecule has 0 N–H and O–H groups in total. The zero-order chi connectivity index (χ0) is 83.9. The van der Waals surface area contributed by atoms with Gasteiger partial charge in [0, 0.05) is 117 Å². The Hall–Kier alpha value is -9.26. The summed E-state index contributed by atoms with van der Waals surface area (Å²) in [6, 6.07) is 76.2. The highest BCUT2D eigenvalue weighted by Crippen LogP contribution is 2.56. The summed E-state index contributed by atoms with van der Waals surface area (Å²) in [7, 11) is 0. The molecule has 6 aromatic heterocycles. The molecule has 0 saturated carbocycles. The molecule has 0 saturated heterocycles. The summed E-state index contributed by atoms with van der Waals surface area (Å²) in [4.78, 5) is 12.5. The van der Waals surface area contributed by atoms with E-state index in [0.717, 1.165) is 178 Å². The quantitative estimate of drug-likeness (QED) is 0.0343. The smallest absolute Gasteiger partial charge is 0.119 e. The van der Waals surface area contributed by atoms with Crippen LogP contribution in [0.3, 0.4) is 0 Å². The van der Waals surface area contributed by atoms with Crippen LogP contribution >= 0.6 is 68.8 Å². The predicted octanol–water partition coefficient (Wildman–Crippen LogP) is 34.5. The van der Waals surface area contributed by atoms with Gasteiger partial charge in [-0.3, -0.25) is 0 Å². The SMILES string of the molecule is CCCCCCOc1ccc(N(c2ccc(OCCCCCC)cc2)c2ccc(-c3ccc(-c4cc5c(-c6ccc(CC(CC)CCCC)s6)c6sc(-c7ccc(-c8ccc(N(c9ccc(OCCCCCC)cc9)c9ccc(OCCCCCC)cc9)cc8)c8nsnc78)cc6c(-c6ccc(CC(CC)CCCC)s6)c5s4)c4nsnc34)cc2)cc1. The Morgan fingerprint density at radius 1 is 0.279 bits per heavy atom. The van der Waals surface area contributed by atoms with Gasteiger partial charge in [-0.15, -0.1) is 45.3 Å². The first-order chi connectivity index (χ1) is 60.2. The third-order valence-corrected chi connectivity index (χ3v) is 29.7. The number of unbranched alkanes of at least 4 members (excludes halogenated alkanes) is 14. The van der Waals surface area contributed by atoms with Gasteiger partial charge in [-0.25, -0.2) is 0 Å². The molecule has 0 aliphatic rings. The number of benzene rings is 9. The number of thiophene rings is 4. The number of hydrogen-bond donors (Lipinski definition) is 0. The molecule has 0 aliphatic carbocycles. The summed E-state index contributed by atoms with van der Waals surface area (Å²) in [6.45, 7) is 21.3. The zero-order valence-corrected chi connectivity index (χ0v) is 77.7. The van der Waals surface area contributed by atoms with Gasteiger partial charge in [0.2, 0.25) is 0 Å². The fourth-order valence-corrected chi connectivity index (χ4v) is 23.1. The third-order valence-electron chi connectivity index (χ3n) is 24.0. The second-order valence-corrected chi connectivity index (χ2v) is 38.3. The van der Waals surface area contributed by atoms with E-state index in [1.807, 2.05) is 45.3 Å². The molecule has 9 aromatic carbocycles. The lowest BCUT2D eigenvalue weighted by molar-refractivity contribution is 0.305. The second-order valence-electron chi connectivity index (χ2n) is 32.9. The molecule has 10 nitrogen and oxygen atoms in total. The van der Waals surface area contributed by atoms with E-state index >= 15 is 0 Å². The van der Waals surface area contributed by atoms with Crippen molar-refractivity contribution in [3.8, 4) is 87.0 Å². The van der Waals surface area contributed by atoms with E-state index in [0.29, 0.717) is 11.8 Å². The molecule has 0 bridgehead atoms. The van der Waals surface area contributed by atoms with Crippen molar-refractivity contribution in [2.24, 2.45) is 11.8 Å². The number of rotatable bonds is 48. The molecule has 15 rings (SSSR count). The van der Waals surface area contributed by atoms with Crippen molar-refractivity contribution >= 4 is 145 Å². The first kappa shape index (κ1) is 87.6. The van der Waals surface area contributed by atoms with Crippen LogP contribution in [0.5, 0.6) is 23.0 Å². The molecule has 0 spiro atoms. The Kier molecular flexibility index (Phi) is 31.5. The second kappa shape index (κ2) is 43.9. The zero-order valence-electron chi connectivity index (χ0n) is 72.8. The van der Waals surface area contributed by atoms with E-state index in [1.165, 1.54) is 212 Å². The number of aromatic nitrogens is 4. The summed E-state index contributed by atoms with van der Waals surface area (Å²) in [5, 5.41) is 2.56. The van der Waals surface area contributed by atoms with Gasteiger partial charge in [0.25, 0.3) is 0 Å². The molecule has 6 heterocycles. The molecule has 0 amide bonds. The van der Waals surface area contributed by atoms with Crippen LogP contribution in [0.15, 0.2) is 206 Å². The van der Waals surface area contributed by atoms with Crippen molar-refractivity contribution < 1.29 is 18.9 Å². The van der Waals surface area contributed by atoms with Crippen molar-refractivity contribution in [3.63, 3.8) is 0 Å². The summed E-state index contributed by atoms with van der Waals surface area (Å²) < 4.78 is 48.4. The van der Waals surface area contributed by atoms with Gasteiger partial charge < -0.3 is 28.7 Å². The van der Waals surface area contributed by atoms with E-state index in [1.54, 1.807) is 0 Å². The molecule has 2 atom stereocenters. The average molecular weight is 1730 g/mol. The summed E-state index contributed by atoms with van der Waals surface area (Å²) in [5.41, 5.74) is 19.1. The van der Waals surface area contributed by atoms with Crippen LogP contribution in [-0.2, 0) is 12.8 Å². The minimum Gasteiger partial charge on any atom is -0.494 e. The van der Waals surface area contributed by atoms with Crippen LogP contribution in [0.4, 0.5) is 34.1 Å². The number of ether oxygens (including phenoxy) is 4. The highest BCUT2D eigenvalue weighted by Gasteiger charge is 2.29. The van der Waals surface area contributed by atoms with Crippen LogP contribution in [0.1, 0.15) is 219 Å². The van der Waals surface area contributed by atoms with Crippen molar-refractivity contribution in [3.05, 3.63) is 216 Å². The van der Waals surface area contributed by atoms with E-state index in [2.05, 4.69) is 271 Å². The molecule has 634 valence electrons. The van der Waals surface area contributed by atoms with Gasteiger partial charge in [-0.1, -0.05) is 232 Å². The molecule has 16 heteroatoms. The minimum atomic E-state index is 0.644. The predicted molar refractivity (Wildman–Crippen MR) is 529 cm³/mol. The Bertz CT molecular complexity index is 5240. The number of anilines is 6. The first-order valence-corrected chi connectivity index (χ1v) is 50.3. The Balaban J connectivity index is 0.803. The third kappa shape index (κ3) is 21.2. The van der Waals surface area contributed by atoms with Crippen LogP contribution in [0, 0.1) is 11.8 Å². The van der Waals surface area contributed by atoms with E-state index < -0.39 is 0 Å². The number of nitrogens with zero attached hydrogens (tertiary/aromatic N) is 6. The maximum Gasteiger partial charge on any atom is 0.119 e. The van der Waals surface area contributed by atoms with E-state index in [-0.39, 0.29) is 0 Å².